The number of aromatic nitrogens is 4. The lowest BCUT2D eigenvalue weighted by Crippen LogP contribution is -2.26. The normalized spacial score (nSPS) is 12.3. The van der Waals surface area contributed by atoms with E-state index < -0.39 is 18.3 Å². The van der Waals surface area contributed by atoms with Crippen LogP contribution >= 0.6 is 23.2 Å². The summed E-state index contributed by atoms with van der Waals surface area (Å²) in [4.78, 5) is 16.5. The van der Waals surface area contributed by atoms with Crippen LogP contribution in [0.3, 0.4) is 0 Å². The van der Waals surface area contributed by atoms with Gasteiger partial charge in [0.25, 0.3) is 5.56 Å². The SMILES string of the molecule is O=c1c(Cl)c(C(O)CO)cnn1Cc1nc(CCc2ccc(Cl)cc2)no1. The molecule has 0 saturated carbocycles. The molecule has 27 heavy (non-hydrogen) atoms. The third-order valence-corrected chi connectivity index (χ3v) is 4.52. The summed E-state index contributed by atoms with van der Waals surface area (Å²) in [6.45, 7) is -0.618. The zero-order valence-electron chi connectivity index (χ0n) is 14.0. The van der Waals surface area contributed by atoms with Gasteiger partial charge in [-0.2, -0.15) is 10.1 Å². The predicted molar refractivity (Wildman–Crippen MR) is 97.8 cm³/mol. The Labute approximate surface area is 164 Å². The highest BCUT2D eigenvalue weighted by Crippen LogP contribution is 2.18. The van der Waals surface area contributed by atoms with Crippen LogP contribution in [0, 0.1) is 0 Å². The minimum absolute atomic E-state index is 0.0536. The molecular formula is C17H16Cl2N4O4. The second-order valence-electron chi connectivity index (χ2n) is 5.81. The van der Waals surface area contributed by atoms with E-state index in [1.165, 1.54) is 6.20 Å². The van der Waals surface area contributed by atoms with Gasteiger partial charge in [-0.15, -0.1) is 0 Å². The van der Waals surface area contributed by atoms with E-state index in [2.05, 4.69) is 15.2 Å². The molecule has 3 rings (SSSR count). The quantitative estimate of drug-likeness (QED) is 0.609. The molecule has 0 aliphatic carbocycles. The van der Waals surface area contributed by atoms with Gasteiger partial charge in [0.05, 0.1) is 12.8 Å². The van der Waals surface area contributed by atoms with E-state index in [-0.39, 0.29) is 23.0 Å². The van der Waals surface area contributed by atoms with Crippen molar-refractivity contribution >= 4 is 23.2 Å². The van der Waals surface area contributed by atoms with E-state index in [9.17, 15) is 9.90 Å². The van der Waals surface area contributed by atoms with E-state index in [0.29, 0.717) is 23.7 Å². The number of halogens is 2. The van der Waals surface area contributed by atoms with E-state index >= 15 is 0 Å². The topological polar surface area (TPSA) is 114 Å². The first kappa shape index (κ1) is 19.5. The van der Waals surface area contributed by atoms with Crippen LogP contribution in [0.4, 0.5) is 0 Å². The van der Waals surface area contributed by atoms with Crippen molar-refractivity contribution in [2.45, 2.75) is 25.5 Å². The summed E-state index contributed by atoms with van der Waals surface area (Å²) in [5.74, 6) is 0.716. The van der Waals surface area contributed by atoms with Crippen molar-refractivity contribution in [1.29, 1.82) is 0 Å². The number of benzene rings is 1. The molecule has 8 nitrogen and oxygen atoms in total. The Morgan fingerprint density at radius 2 is 1.93 bits per heavy atom. The number of nitrogens with zero attached hydrogens (tertiary/aromatic N) is 4. The summed E-state index contributed by atoms with van der Waals surface area (Å²) in [6.07, 6.45) is 1.24. The summed E-state index contributed by atoms with van der Waals surface area (Å²) < 4.78 is 6.20. The molecule has 2 aromatic heterocycles. The molecule has 0 saturated heterocycles. The number of aliphatic hydroxyl groups excluding tert-OH is 2. The Morgan fingerprint density at radius 1 is 1.19 bits per heavy atom. The van der Waals surface area contributed by atoms with Gasteiger partial charge in [0.15, 0.2) is 5.82 Å². The molecular weight excluding hydrogens is 395 g/mol. The minimum Gasteiger partial charge on any atom is -0.393 e. The molecule has 0 fully saturated rings. The Morgan fingerprint density at radius 3 is 2.63 bits per heavy atom. The van der Waals surface area contributed by atoms with Crippen molar-refractivity contribution in [3.05, 3.63) is 73.7 Å². The van der Waals surface area contributed by atoms with Gasteiger partial charge in [-0.3, -0.25) is 4.79 Å². The molecule has 142 valence electrons. The Balaban J connectivity index is 1.68. The maximum Gasteiger partial charge on any atom is 0.286 e. The van der Waals surface area contributed by atoms with Crippen LogP contribution in [0.2, 0.25) is 10.0 Å². The van der Waals surface area contributed by atoms with Crippen molar-refractivity contribution in [3.63, 3.8) is 0 Å². The summed E-state index contributed by atoms with van der Waals surface area (Å²) in [5, 5.41) is 26.9. The molecule has 2 heterocycles. The third kappa shape index (κ3) is 4.72. The Kier molecular flexibility index (Phi) is 6.22. The van der Waals surface area contributed by atoms with Crippen molar-refractivity contribution < 1.29 is 14.7 Å². The first-order chi connectivity index (χ1) is 13.0. The lowest BCUT2D eigenvalue weighted by atomic mass is 10.1. The van der Waals surface area contributed by atoms with Gasteiger partial charge in [-0.25, -0.2) is 4.68 Å². The standard InChI is InChI=1S/C17H16Cl2N4O4/c18-11-4-1-10(2-5-11)3-6-14-21-15(27-22-14)8-23-17(26)16(19)12(7-20-23)13(25)9-24/h1-2,4-5,7,13,24-25H,3,6,8-9H2. The van der Waals surface area contributed by atoms with E-state index in [1.807, 2.05) is 24.3 Å². The molecule has 1 unspecified atom stereocenters. The first-order valence-electron chi connectivity index (χ1n) is 8.08. The van der Waals surface area contributed by atoms with E-state index in [4.69, 9.17) is 32.8 Å². The van der Waals surface area contributed by atoms with E-state index in [1.54, 1.807) is 0 Å². The molecule has 1 atom stereocenters. The largest absolute Gasteiger partial charge is 0.393 e. The van der Waals surface area contributed by atoms with Crippen molar-refractivity contribution in [3.8, 4) is 0 Å². The fourth-order valence-corrected chi connectivity index (χ4v) is 2.81. The summed E-state index contributed by atoms with van der Waals surface area (Å²) in [5.41, 5.74) is 0.533. The molecule has 3 aromatic rings. The number of aryl methyl sites for hydroxylation is 2. The fraction of sp³-hybridized carbons (Fsp3) is 0.294. The van der Waals surface area contributed by atoms with Gasteiger partial charge in [0.2, 0.25) is 5.89 Å². The van der Waals surface area contributed by atoms with Gasteiger partial charge in [-0.1, -0.05) is 40.5 Å². The van der Waals surface area contributed by atoms with Gasteiger partial charge in [0.1, 0.15) is 17.7 Å². The summed E-state index contributed by atoms with van der Waals surface area (Å²) >= 11 is 11.8. The first-order valence-corrected chi connectivity index (χ1v) is 8.84. The van der Waals surface area contributed by atoms with Crippen LogP contribution in [0.5, 0.6) is 0 Å². The van der Waals surface area contributed by atoms with Gasteiger partial charge in [0, 0.05) is 17.0 Å². The van der Waals surface area contributed by atoms with Crippen LogP contribution in [0.1, 0.15) is 28.9 Å². The molecule has 10 heteroatoms. The number of rotatable bonds is 7. The highest BCUT2D eigenvalue weighted by atomic mass is 35.5. The van der Waals surface area contributed by atoms with Crippen LogP contribution in [-0.4, -0.2) is 36.7 Å². The molecule has 0 aliphatic rings. The average molecular weight is 411 g/mol. The molecule has 0 bridgehead atoms. The number of hydrogen-bond donors (Lipinski definition) is 2. The summed E-state index contributed by atoms with van der Waals surface area (Å²) in [7, 11) is 0. The van der Waals surface area contributed by atoms with Crippen LogP contribution in [0.15, 0.2) is 39.8 Å². The minimum atomic E-state index is -1.27. The van der Waals surface area contributed by atoms with Crippen molar-refractivity contribution in [2.24, 2.45) is 0 Å². The number of hydrogen-bond acceptors (Lipinski definition) is 7. The molecule has 0 aliphatic heterocycles. The zero-order chi connectivity index (χ0) is 19.4. The van der Waals surface area contributed by atoms with Gasteiger partial charge in [-0.05, 0) is 24.1 Å². The number of aliphatic hydroxyl groups is 2. The van der Waals surface area contributed by atoms with Gasteiger partial charge < -0.3 is 14.7 Å². The average Bonchev–Trinajstić information content (AvgIpc) is 3.12. The molecule has 0 radical (unpaired) electrons. The molecule has 0 amide bonds. The monoisotopic (exact) mass is 410 g/mol. The highest BCUT2D eigenvalue weighted by Gasteiger charge is 2.17. The van der Waals surface area contributed by atoms with E-state index in [0.717, 1.165) is 10.2 Å². The van der Waals surface area contributed by atoms with Crippen LogP contribution < -0.4 is 5.56 Å². The zero-order valence-corrected chi connectivity index (χ0v) is 15.6. The Bertz CT molecular complexity index is 972. The van der Waals surface area contributed by atoms with Crippen LogP contribution in [-0.2, 0) is 19.4 Å². The molecule has 0 spiro atoms. The van der Waals surface area contributed by atoms with Crippen molar-refractivity contribution in [2.75, 3.05) is 6.61 Å². The predicted octanol–water partition coefficient (Wildman–Crippen LogP) is 1.79. The summed E-state index contributed by atoms with van der Waals surface area (Å²) in [6, 6.07) is 7.49. The molecule has 1 aromatic carbocycles. The van der Waals surface area contributed by atoms with Gasteiger partial charge >= 0.3 is 0 Å². The lowest BCUT2D eigenvalue weighted by molar-refractivity contribution is 0.0950. The Hall–Kier alpha value is -2.26. The lowest BCUT2D eigenvalue weighted by Gasteiger charge is -2.10. The highest BCUT2D eigenvalue weighted by molar-refractivity contribution is 6.31. The third-order valence-electron chi connectivity index (χ3n) is 3.89. The maximum absolute atomic E-state index is 12.2. The maximum atomic E-state index is 12.2. The fourth-order valence-electron chi connectivity index (χ4n) is 2.41. The van der Waals surface area contributed by atoms with Crippen LogP contribution in [0.25, 0.3) is 0 Å². The molecule has 2 N–H and O–H groups in total. The van der Waals surface area contributed by atoms with Crippen molar-refractivity contribution in [1.82, 2.24) is 19.9 Å². The smallest absolute Gasteiger partial charge is 0.286 e. The second kappa shape index (κ2) is 8.62. The second-order valence-corrected chi connectivity index (χ2v) is 6.62.